The SMILES string of the molecule is NC(=O)CN1C(=O)COc2ccc(-c3csc(-c4ccccc4)n3)cc21. The second kappa shape index (κ2) is 6.61. The fourth-order valence-electron chi connectivity index (χ4n) is 2.81. The predicted molar refractivity (Wildman–Crippen MR) is 100 cm³/mol. The molecule has 0 fully saturated rings. The van der Waals surface area contributed by atoms with Gasteiger partial charge in [0.2, 0.25) is 5.91 Å². The molecule has 2 N–H and O–H groups in total. The van der Waals surface area contributed by atoms with Gasteiger partial charge in [-0.15, -0.1) is 11.3 Å². The number of nitrogens with two attached hydrogens (primary N) is 1. The molecule has 1 aliphatic heterocycles. The summed E-state index contributed by atoms with van der Waals surface area (Å²) in [7, 11) is 0. The molecule has 0 atom stereocenters. The van der Waals surface area contributed by atoms with E-state index in [9.17, 15) is 9.59 Å². The number of aromatic nitrogens is 1. The zero-order valence-corrected chi connectivity index (χ0v) is 14.5. The van der Waals surface area contributed by atoms with Crippen molar-refractivity contribution in [1.82, 2.24) is 4.98 Å². The standard InChI is InChI=1S/C19H15N3O3S/c20-17(23)9-22-15-8-13(6-7-16(15)25-10-18(22)24)14-11-26-19(21-14)12-4-2-1-3-5-12/h1-8,11H,9-10H2,(H2,20,23). The number of thiazole rings is 1. The van der Waals surface area contributed by atoms with Crippen LogP contribution in [-0.2, 0) is 9.59 Å². The fourth-order valence-corrected chi connectivity index (χ4v) is 3.65. The topological polar surface area (TPSA) is 85.5 Å². The lowest BCUT2D eigenvalue weighted by Gasteiger charge is -2.28. The van der Waals surface area contributed by atoms with Gasteiger partial charge in [0.1, 0.15) is 17.3 Å². The van der Waals surface area contributed by atoms with Gasteiger partial charge >= 0.3 is 0 Å². The molecule has 0 saturated carbocycles. The minimum Gasteiger partial charge on any atom is -0.482 e. The lowest BCUT2D eigenvalue weighted by Crippen LogP contribution is -2.43. The van der Waals surface area contributed by atoms with Crippen molar-refractivity contribution >= 4 is 28.8 Å². The van der Waals surface area contributed by atoms with Crippen LogP contribution in [0.2, 0.25) is 0 Å². The monoisotopic (exact) mass is 365 g/mol. The lowest BCUT2D eigenvalue weighted by atomic mass is 10.1. The van der Waals surface area contributed by atoms with Crippen LogP contribution in [0.5, 0.6) is 5.75 Å². The number of anilines is 1. The second-order valence-electron chi connectivity index (χ2n) is 5.82. The Hall–Kier alpha value is -3.19. The first-order valence-corrected chi connectivity index (χ1v) is 8.86. The first-order valence-electron chi connectivity index (χ1n) is 7.98. The van der Waals surface area contributed by atoms with E-state index in [1.807, 2.05) is 41.8 Å². The van der Waals surface area contributed by atoms with Crippen LogP contribution < -0.4 is 15.4 Å². The van der Waals surface area contributed by atoms with Crippen molar-refractivity contribution in [2.45, 2.75) is 0 Å². The summed E-state index contributed by atoms with van der Waals surface area (Å²) in [6.45, 7) is -0.278. The molecule has 7 heteroatoms. The summed E-state index contributed by atoms with van der Waals surface area (Å²) in [5, 5.41) is 2.88. The lowest BCUT2D eigenvalue weighted by molar-refractivity contribution is -0.124. The predicted octanol–water partition coefficient (Wildman–Crippen LogP) is 2.69. The molecule has 2 amide bonds. The Kier molecular flexibility index (Phi) is 4.14. The van der Waals surface area contributed by atoms with Crippen LogP contribution in [0.3, 0.4) is 0 Å². The molecule has 3 aromatic rings. The van der Waals surface area contributed by atoms with Gasteiger partial charge < -0.3 is 10.5 Å². The molecule has 0 bridgehead atoms. The van der Waals surface area contributed by atoms with Crippen molar-refractivity contribution in [2.24, 2.45) is 5.73 Å². The first kappa shape index (κ1) is 16.3. The molecule has 0 spiro atoms. The first-order chi connectivity index (χ1) is 12.6. The molecular formula is C19H15N3O3S. The Morgan fingerprint density at radius 3 is 2.77 bits per heavy atom. The van der Waals surface area contributed by atoms with Crippen LogP contribution in [0.15, 0.2) is 53.9 Å². The molecule has 130 valence electrons. The summed E-state index contributed by atoms with van der Waals surface area (Å²) in [6.07, 6.45) is 0. The summed E-state index contributed by atoms with van der Waals surface area (Å²) in [5.74, 6) is -0.318. The molecule has 0 radical (unpaired) electrons. The number of hydrogen-bond donors (Lipinski definition) is 1. The third-order valence-corrected chi connectivity index (χ3v) is 4.93. The van der Waals surface area contributed by atoms with E-state index in [-0.39, 0.29) is 19.1 Å². The quantitative estimate of drug-likeness (QED) is 0.770. The van der Waals surface area contributed by atoms with Crippen molar-refractivity contribution in [2.75, 3.05) is 18.1 Å². The van der Waals surface area contributed by atoms with Crippen molar-refractivity contribution in [1.29, 1.82) is 0 Å². The van der Waals surface area contributed by atoms with Crippen molar-refractivity contribution in [3.63, 3.8) is 0 Å². The van der Waals surface area contributed by atoms with E-state index >= 15 is 0 Å². The normalized spacial score (nSPS) is 13.2. The number of amides is 2. The number of hydrogen-bond acceptors (Lipinski definition) is 5. The number of benzene rings is 2. The van der Waals surface area contributed by atoms with Crippen LogP contribution in [0.4, 0.5) is 5.69 Å². The Morgan fingerprint density at radius 1 is 1.19 bits per heavy atom. The van der Waals surface area contributed by atoms with Gasteiger partial charge in [0.05, 0.1) is 11.4 Å². The molecule has 2 aromatic carbocycles. The average molecular weight is 365 g/mol. The van der Waals surface area contributed by atoms with E-state index < -0.39 is 5.91 Å². The van der Waals surface area contributed by atoms with E-state index in [2.05, 4.69) is 4.98 Å². The Balaban J connectivity index is 1.71. The molecule has 0 saturated heterocycles. The number of carbonyl (C=O) groups excluding carboxylic acids is 2. The molecular weight excluding hydrogens is 350 g/mol. The van der Waals surface area contributed by atoms with Crippen molar-refractivity contribution in [3.8, 4) is 27.6 Å². The van der Waals surface area contributed by atoms with Crippen molar-refractivity contribution in [3.05, 3.63) is 53.9 Å². The maximum absolute atomic E-state index is 12.1. The highest BCUT2D eigenvalue weighted by molar-refractivity contribution is 7.13. The zero-order valence-electron chi connectivity index (χ0n) is 13.7. The maximum Gasteiger partial charge on any atom is 0.265 e. The van der Waals surface area contributed by atoms with Gasteiger partial charge in [0, 0.05) is 16.5 Å². The Labute approximate surface area is 153 Å². The van der Waals surface area contributed by atoms with E-state index in [1.165, 1.54) is 4.90 Å². The van der Waals surface area contributed by atoms with Crippen LogP contribution in [0.25, 0.3) is 21.8 Å². The summed E-state index contributed by atoms with van der Waals surface area (Å²) < 4.78 is 5.45. The van der Waals surface area contributed by atoms with Crippen LogP contribution >= 0.6 is 11.3 Å². The second-order valence-corrected chi connectivity index (χ2v) is 6.68. The van der Waals surface area contributed by atoms with Crippen LogP contribution in [-0.4, -0.2) is 29.9 Å². The van der Waals surface area contributed by atoms with Crippen molar-refractivity contribution < 1.29 is 14.3 Å². The van der Waals surface area contributed by atoms with E-state index in [0.29, 0.717) is 11.4 Å². The summed E-state index contributed by atoms with van der Waals surface area (Å²) in [5.41, 5.74) is 8.50. The molecule has 4 rings (SSSR count). The largest absolute Gasteiger partial charge is 0.482 e. The molecule has 26 heavy (non-hydrogen) atoms. The third-order valence-electron chi connectivity index (χ3n) is 4.04. The van der Waals surface area contributed by atoms with E-state index in [4.69, 9.17) is 10.5 Å². The highest BCUT2D eigenvalue weighted by atomic mass is 32.1. The fraction of sp³-hybridized carbons (Fsp3) is 0.105. The minimum atomic E-state index is -0.573. The average Bonchev–Trinajstić information content (AvgIpc) is 3.14. The summed E-state index contributed by atoms with van der Waals surface area (Å²) in [6, 6.07) is 15.4. The van der Waals surface area contributed by atoms with Gasteiger partial charge in [-0.05, 0) is 18.2 Å². The maximum atomic E-state index is 12.1. The minimum absolute atomic E-state index is 0.103. The van der Waals surface area contributed by atoms with Gasteiger partial charge in [0.25, 0.3) is 5.91 Å². The molecule has 0 aliphatic carbocycles. The van der Waals surface area contributed by atoms with Gasteiger partial charge in [-0.1, -0.05) is 30.3 Å². The number of ether oxygens (including phenoxy) is 1. The third kappa shape index (κ3) is 3.04. The van der Waals surface area contributed by atoms with Gasteiger partial charge in [0.15, 0.2) is 6.61 Å². The molecule has 6 nitrogen and oxygen atoms in total. The number of fused-ring (bicyclic) bond motifs is 1. The zero-order chi connectivity index (χ0) is 18.1. The number of carbonyl (C=O) groups is 2. The van der Waals surface area contributed by atoms with Crippen LogP contribution in [0, 0.1) is 0 Å². The molecule has 1 aromatic heterocycles. The molecule has 0 unspecified atom stereocenters. The highest BCUT2D eigenvalue weighted by Gasteiger charge is 2.27. The van der Waals surface area contributed by atoms with Crippen LogP contribution in [0.1, 0.15) is 0 Å². The Bertz CT molecular complexity index is 985. The Morgan fingerprint density at radius 2 is 2.00 bits per heavy atom. The van der Waals surface area contributed by atoms with E-state index in [1.54, 1.807) is 23.5 Å². The summed E-state index contributed by atoms with van der Waals surface area (Å²) in [4.78, 5) is 29.5. The molecule has 1 aliphatic rings. The van der Waals surface area contributed by atoms with Gasteiger partial charge in [-0.3, -0.25) is 14.5 Å². The molecule has 2 heterocycles. The van der Waals surface area contributed by atoms with Gasteiger partial charge in [-0.2, -0.15) is 0 Å². The summed E-state index contributed by atoms with van der Waals surface area (Å²) >= 11 is 1.55. The highest BCUT2D eigenvalue weighted by Crippen LogP contribution is 2.37. The van der Waals surface area contributed by atoms with Gasteiger partial charge in [-0.25, -0.2) is 4.98 Å². The number of primary amides is 1. The number of nitrogens with zero attached hydrogens (tertiary/aromatic N) is 2. The number of rotatable bonds is 4. The van der Waals surface area contributed by atoms with E-state index in [0.717, 1.165) is 21.8 Å². The smallest absolute Gasteiger partial charge is 0.265 e.